The molecule has 0 atom stereocenters. The van der Waals surface area contributed by atoms with Crippen LogP contribution in [0.1, 0.15) is 52.7 Å². The van der Waals surface area contributed by atoms with Crippen molar-refractivity contribution in [1.82, 2.24) is 0 Å². The van der Waals surface area contributed by atoms with Crippen molar-refractivity contribution in [1.29, 1.82) is 0 Å². The molecule has 1 saturated heterocycles. The average molecular weight is 404 g/mol. The number of rotatable bonds is 7. The van der Waals surface area contributed by atoms with Crippen LogP contribution in [0, 0.1) is 0 Å². The van der Waals surface area contributed by atoms with Gasteiger partial charge in [0, 0.05) is 12.7 Å². The van der Waals surface area contributed by atoms with Crippen molar-refractivity contribution in [3.05, 3.63) is 40.9 Å². The molecule has 0 unspecified atom stereocenters. The fourth-order valence-corrected chi connectivity index (χ4v) is 3.27. The molecule has 1 aliphatic rings. The molecule has 1 heterocycles. The lowest BCUT2D eigenvalue weighted by Crippen LogP contribution is -2.41. The number of hydrogen-bond acceptors (Lipinski definition) is 6. The SMILES string of the molecule is CCOC(=O)Cc1ccc(C=C(CSC(C)=O)B2OC(C)(C)C(C)(C)O2)cc1. The van der Waals surface area contributed by atoms with Crippen LogP contribution in [0.25, 0.3) is 6.08 Å². The van der Waals surface area contributed by atoms with Crippen LogP contribution in [0.2, 0.25) is 0 Å². The Morgan fingerprint density at radius 1 is 1.11 bits per heavy atom. The lowest BCUT2D eigenvalue weighted by molar-refractivity contribution is -0.142. The van der Waals surface area contributed by atoms with Crippen LogP contribution in [0.15, 0.2) is 29.7 Å². The van der Waals surface area contributed by atoms with Crippen molar-refractivity contribution in [3.63, 3.8) is 0 Å². The van der Waals surface area contributed by atoms with Gasteiger partial charge in [0.25, 0.3) is 0 Å². The van der Waals surface area contributed by atoms with Crippen LogP contribution in [0.3, 0.4) is 0 Å². The highest BCUT2D eigenvalue weighted by Gasteiger charge is 2.52. The molecule has 0 spiro atoms. The molecule has 0 aromatic heterocycles. The Labute approximate surface area is 172 Å². The normalized spacial score (nSPS) is 18.2. The fraction of sp³-hybridized carbons (Fsp3) is 0.524. The first-order valence-electron chi connectivity index (χ1n) is 9.48. The monoisotopic (exact) mass is 404 g/mol. The third-order valence-electron chi connectivity index (χ3n) is 4.98. The second-order valence-corrected chi connectivity index (χ2v) is 8.96. The fourth-order valence-electron chi connectivity index (χ4n) is 2.68. The summed E-state index contributed by atoms with van der Waals surface area (Å²) in [7, 11) is -0.504. The summed E-state index contributed by atoms with van der Waals surface area (Å²) in [6, 6.07) is 7.70. The summed E-state index contributed by atoms with van der Waals surface area (Å²) in [5.41, 5.74) is 1.87. The van der Waals surface area contributed by atoms with Gasteiger partial charge in [0.05, 0.1) is 24.2 Å². The van der Waals surface area contributed by atoms with E-state index < -0.39 is 18.3 Å². The van der Waals surface area contributed by atoms with Gasteiger partial charge in [0.2, 0.25) is 0 Å². The van der Waals surface area contributed by atoms with E-state index in [1.165, 1.54) is 11.8 Å². The minimum Gasteiger partial charge on any atom is -0.466 e. The Hall–Kier alpha value is -1.57. The molecule has 1 aromatic carbocycles. The zero-order chi connectivity index (χ0) is 20.9. The Morgan fingerprint density at radius 2 is 1.68 bits per heavy atom. The molecule has 7 heteroatoms. The second kappa shape index (κ2) is 9.29. The Bertz CT molecular complexity index is 724. The first-order chi connectivity index (χ1) is 13.0. The first kappa shape index (κ1) is 22.7. The van der Waals surface area contributed by atoms with Crippen molar-refractivity contribution >= 4 is 36.0 Å². The molecule has 0 amide bonds. The van der Waals surface area contributed by atoms with Gasteiger partial charge in [-0.1, -0.05) is 42.1 Å². The highest BCUT2D eigenvalue weighted by atomic mass is 32.2. The first-order valence-corrected chi connectivity index (χ1v) is 10.5. The largest absolute Gasteiger partial charge is 0.491 e. The zero-order valence-corrected chi connectivity index (χ0v) is 18.4. The lowest BCUT2D eigenvalue weighted by Gasteiger charge is -2.32. The van der Waals surface area contributed by atoms with Gasteiger partial charge in [0.1, 0.15) is 0 Å². The van der Waals surface area contributed by atoms with E-state index in [2.05, 4.69) is 0 Å². The molecule has 1 aromatic rings. The number of carbonyl (C=O) groups is 2. The number of hydrogen-bond donors (Lipinski definition) is 0. The molecular formula is C21H29BO5S. The van der Waals surface area contributed by atoms with Crippen molar-refractivity contribution in [2.45, 2.75) is 59.2 Å². The smallest absolute Gasteiger partial charge is 0.466 e. The molecule has 0 N–H and O–H groups in total. The quantitative estimate of drug-likeness (QED) is 0.504. The van der Waals surface area contributed by atoms with Crippen molar-refractivity contribution < 1.29 is 23.6 Å². The summed E-state index contributed by atoms with van der Waals surface area (Å²) in [5, 5.41) is 0.0483. The molecule has 0 saturated carbocycles. The Kier molecular flexibility index (Phi) is 7.54. The third kappa shape index (κ3) is 5.96. The maximum Gasteiger partial charge on any atom is 0.491 e. The van der Waals surface area contributed by atoms with Gasteiger partial charge in [-0.05, 0) is 51.2 Å². The predicted molar refractivity (Wildman–Crippen MR) is 114 cm³/mol. The summed E-state index contributed by atoms with van der Waals surface area (Å²) in [6.45, 7) is 11.8. The standard InChI is InChI=1S/C21H29BO5S/c1-7-25-19(24)13-17-10-8-16(9-11-17)12-18(14-28-15(2)23)22-26-20(3,4)21(5,6)27-22/h8-12H,7,13-14H2,1-6H3. The maximum atomic E-state index is 11.6. The number of carbonyl (C=O) groups excluding carboxylic acids is 2. The zero-order valence-electron chi connectivity index (χ0n) is 17.5. The molecule has 152 valence electrons. The minimum absolute atomic E-state index is 0.0483. The van der Waals surface area contributed by atoms with E-state index in [-0.39, 0.29) is 17.5 Å². The van der Waals surface area contributed by atoms with Gasteiger partial charge < -0.3 is 14.0 Å². The van der Waals surface area contributed by atoms with Gasteiger partial charge in [-0.3, -0.25) is 9.59 Å². The van der Waals surface area contributed by atoms with Gasteiger partial charge in [-0.15, -0.1) is 0 Å². The van der Waals surface area contributed by atoms with Crippen molar-refractivity contribution in [2.24, 2.45) is 0 Å². The number of benzene rings is 1. The topological polar surface area (TPSA) is 61.8 Å². The van der Waals surface area contributed by atoms with Gasteiger partial charge in [0.15, 0.2) is 5.12 Å². The van der Waals surface area contributed by atoms with Gasteiger partial charge in [-0.2, -0.15) is 0 Å². The lowest BCUT2D eigenvalue weighted by atomic mass is 9.78. The minimum atomic E-state index is -0.504. The molecule has 0 bridgehead atoms. The molecule has 0 aliphatic carbocycles. The van der Waals surface area contributed by atoms with E-state index in [1.54, 1.807) is 13.8 Å². The summed E-state index contributed by atoms with van der Waals surface area (Å²) in [6.07, 6.45) is 2.24. The van der Waals surface area contributed by atoms with E-state index in [1.807, 2.05) is 58.0 Å². The second-order valence-electron chi connectivity index (χ2n) is 7.81. The molecule has 1 fully saturated rings. The molecule has 1 aliphatic heterocycles. The van der Waals surface area contributed by atoms with Crippen molar-refractivity contribution in [2.75, 3.05) is 12.4 Å². The third-order valence-corrected chi connectivity index (χ3v) is 5.87. The van der Waals surface area contributed by atoms with E-state index in [9.17, 15) is 9.59 Å². The molecule has 0 radical (unpaired) electrons. The van der Waals surface area contributed by atoms with Crippen molar-refractivity contribution in [3.8, 4) is 0 Å². The van der Waals surface area contributed by atoms with Crippen LogP contribution in [-0.2, 0) is 30.1 Å². The summed E-state index contributed by atoms with van der Waals surface area (Å²) in [5.74, 6) is 0.262. The molecular weight excluding hydrogens is 375 g/mol. The molecule has 2 rings (SSSR count). The predicted octanol–water partition coefficient (Wildman–Crippen LogP) is 4.09. The average Bonchev–Trinajstić information content (AvgIpc) is 2.80. The highest BCUT2D eigenvalue weighted by molar-refractivity contribution is 8.13. The maximum absolute atomic E-state index is 11.6. The summed E-state index contributed by atoms with van der Waals surface area (Å²) < 4.78 is 17.3. The molecule has 28 heavy (non-hydrogen) atoms. The van der Waals surface area contributed by atoms with E-state index in [0.717, 1.165) is 16.6 Å². The van der Waals surface area contributed by atoms with Crippen LogP contribution in [0.5, 0.6) is 0 Å². The van der Waals surface area contributed by atoms with Gasteiger partial charge in [-0.25, -0.2) is 0 Å². The van der Waals surface area contributed by atoms with E-state index >= 15 is 0 Å². The van der Waals surface area contributed by atoms with E-state index in [4.69, 9.17) is 14.0 Å². The Balaban J connectivity index is 2.20. The van der Waals surface area contributed by atoms with Gasteiger partial charge >= 0.3 is 13.1 Å². The van der Waals surface area contributed by atoms with Crippen LogP contribution >= 0.6 is 11.8 Å². The summed E-state index contributed by atoms with van der Waals surface area (Å²) in [4.78, 5) is 23.1. The summed E-state index contributed by atoms with van der Waals surface area (Å²) >= 11 is 1.23. The van der Waals surface area contributed by atoms with Crippen LogP contribution in [-0.4, -0.2) is 41.8 Å². The highest BCUT2D eigenvalue weighted by Crippen LogP contribution is 2.39. The van der Waals surface area contributed by atoms with Crippen LogP contribution < -0.4 is 0 Å². The number of esters is 1. The molecule has 5 nitrogen and oxygen atoms in total. The van der Waals surface area contributed by atoms with Crippen LogP contribution in [0.4, 0.5) is 0 Å². The number of thioether (sulfide) groups is 1. The number of ether oxygens (including phenoxy) is 1. The Morgan fingerprint density at radius 3 is 2.18 bits per heavy atom. The van der Waals surface area contributed by atoms with E-state index in [0.29, 0.717) is 12.4 Å².